The largest absolute Gasteiger partial charge is 0.492 e. The van der Waals surface area contributed by atoms with E-state index in [1.807, 2.05) is 20.8 Å². The summed E-state index contributed by atoms with van der Waals surface area (Å²) >= 11 is 0. The first-order valence-electron chi connectivity index (χ1n) is 25.5. The van der Waals surface area contributed by atoms with Gasteiger partial charge in [0.05, 0.1) is 22.6 Å². The molecule has 0 amide bonds. The van der Waals surface area contributed by atoms with E-state index in [4.69, 9.17) is 4.74 Å². The Morgan fingerprint density at radius 3 is 1.52 bits per heavy atom. The lowest BCUT2D eigenvalue weighted by atomic mass is 9.45. The van der Waals surface area contributed by atoms with Crippen molar-refractivity contribution in [3.63, 3.8) is 0 Å². The standard InChI is InChI=1S/C20H36O2.C18H32O2.C18H30O/c1-7-18(4,21)13-9-16-19(5)12-8-11-17(2,3)15(19)10-14-20(16,6)22;1-13(19)7-8-15-17(4)11-6-10-16(2,3)14(17)9-12-18(15,5)20;1-13-7-8-15-17(4)11-6-10-16(2,3)14(17)9-12-18(15,5)19-13/h7,15-16,21-22H,1,8-14H2,2-6H3;14-15,20H,6-12H2,1-5H3;7,14-15H,6,8-12H2,1-5H3. The molecule has 0 saturated heterocycles. The van der Waals surface area contributed by atoms with Crippen molar-refractivity contribution in [1.29, 1.82) is 0 Å². The van der Waals surface area contributed by atoms with Gasteiger partial charge < -0.3 is 24.9 Å². The summed E-state index contributed by atoms with van der Waals surface area (Å²) in [6, 6.07) is 0. The Hall–Kier alpha value is -1.17. The first-order chi connectivity index (χ1) is 27.8. The summed E-state index contributed by atoms with van der Waals surface area (Å²) in [6.07, 6.45) is 26.6. The summed E-state index contributed by atoms with van der Waals surface area (Å²) in [5.41, 5.74) is 0.155. The lowest BCUT2D eigenvalue weighted by Gasteiger charge is -2.62. The number of carbonyl (C=O) groups excluding carboxylic acids is 1. The molecule has 1 aliphatic heterocycles. The Kier molecular flexibility index (Phi) is 14.6. The Balaban J connectivity index is 0.000000174. The number of hydrogen-bond acceptors (Lipinski definition) is 5. The third-order valence-corrected chi connectivity index (χ3v) is 20.5. The Morgan fingerprint density at radius 2 is 1.08 bits per heavy atom. The average Bonchev–Trinajstić information content (AvgIpc) is 3.09. The maximum Gasteiger partial charge on any atom is 0.129 e. The number of allylic oxidation sites excluding steroid dienone is 2. The predicted octanol–water partition coefficient (Wildman–Crippen LogP) is 14.4. The van der Waals surface area contributed by atoms with Gasteiger partial charge in [-0.1, -0.05) is 87.7 Å². The first kappa shape index (κ1) is 50.8. The van der Waals surface area contributed by atoms with Gasteiger partial charge in [0.15, 0.2) is 0 Å². The number of ether oxygens (including phenoxy) is 1. The highest BCUT2D eigenvalue weighted by atomic mass is 16.5. The average molecular weight is 851 g/mol. The van der Waals surface area contributed by atoms with Crippen molar-refractivity contribution >= 4 is 5.78 Å². The van der Waals surface area contributed by atoms with Crippen LogP contribution < -0.4 is 0 Å². The third-order valence-electron chi connectivity index (χ3n) is 20.5. The molecule has 61 heavy (non-hydrogen) atoms. The molecule has 13 atom stereocenters. The van der Waals surface area contributed by atoms with E-state index in [1.54, 1.807) is 13.0 Å². The van der Waals surface area contributed by atoms with E-state index in [0.29, 0.717) is 52.3 Å². The van der Waals surface area contributed by atoms with Gasteiger partial charge in [-0.3, -0.25) is 0 Å². The number of hydrogen-bond donors (Lipinski definition) is 3. The maximum absolute atomic E-state index is 11.4. The lowest BCUT2D eigenvalue weighted by Crippen LogP contribution is -2.58. The zero-order chi connectivity index (χ0) is 45.9. The Labute approximate surface area is 376 Å². The Morgan fingerprint density at radius 1 is 0.672 bits per heavy atom. The van der Waals surface area contributed by atoms with E-state index in [0.717, 1.165) is 50.2 Å². The minimum absolute atomic E-state index is 0.0947. The minimum Gasteiger partial charge on any atom is -0.492 e. The molecule has 5 heteroatoms. The van der Waals surface area contributed by atoms with Gasteiger partial charge in [0, 0.05) is 12.3 Å². The molecule has 352 valence electrons. The molecule has 0 radical (unpaired) electrons. The van der Waals surface area contributed by atoms with Crippen molar-refractivity contribution in [1.82, 2.24) is 0 Å². The van der Waals surface area contributed by atoms with E-state index in [9.17, 15) is 20.1 Å². The van der Waals surface area contributed by atoms with Crippen molar-refractivity contribution in [3.05, 3.63) is 24.5 Å². The second-order valence-corrected chi connectivity index (χ2v) is 26.5. The van der Waals surface area contributed by atoms with Gasteiger partial charge >= 0.3 is 0 Å². The molecule has 13 unspecified atom stereocenters. The number of fused-ring (bicyclic) bond motifs is 5. The molecule has 0 aromatic heterocycles. The second-order valence-electron chi connectivity index (χ2n) is 26.5. The van der Waals surface area contributed by atoms with Gasteiger partial charge in [-0.2, -0.15) is 0 Å². The molecule has 0 aromatic carbocycles. The smallest absolute Gasteiger partial charge is 0.129 e. The summed E-state index contributed by atoms with van der Waals surface area (Å²) in [4.78, 5) is 11.4. The monoisotopic (exact) mass is 851 g/mol. The van der Waals surface area contributed by atoms with Gasteiger partial charge in [-0.05, 0) is 212 Å². The van der Waals surface area contributed by atoms with Crippen LogP contribution in [0.5, 0.6) is 0 Å². The number of carbonyl (C=O) groups is 1. The maximum atomic E-state index is 11.4. The quantitative estimate of drug-likeness (QED) is 0.222. The molecular formula is C56H98O5. The molecule has 3 N–H and O–H groups in total. The van der Waals surface area contributed by atoms with Gasteiger partial charge in [0.25, 0.3) is 0 Å². The molecule has 6 fully saturated rings. The number of ketones is 1. The summed E-state index contributed by atoms with van der Waals surface area (Å²) in [6.45, 7) is 37.7. The van der Waals surface area contributed by atoms with Gasteiger partial charge in [0.2, 0.25) is 0 Å². The fourth-order valence-corrected chi connectivity index (χ4v) is 17.4. The number of aliphatic hydroxyl groups is 3. The zero-order valence-electron chi connectivity index (χ0n) is 42.6. The number of rotatable bonds is 7. The van der Waals surface area contributed by atoms with Crippen LogP contribution in [-0.2, 0) is 9.53 Å². The SMILES string of the molecule is C=CC(C)(O)CCC1C(C)(O)CCC2C(C)(C)CCCC21C.CC(=O)CCC1C(C)(O)CCC2C(C)(C)CCCC21C.CC1=CCC2C(C)(CCC3C(C)(C)CCCC32C)O1. The van der Waals surface area contributed by atoms with E-state index in [-0.39, 0.29) is 34.1 Å². The molecule has 6 aliphatic carbocycles. The topological polar surface area (TPSA) is 87.0 Å². The zero-order valence-corrected chi connectivity index (χ0v) is 42.6. The van der Waals surface area contributed by atoms with Crippen LogP contribution in [0.2, 0.25) is 0 Å². The number of Topliss-reactive ketones (excluding diaryl/α,β-unsaturated/α-hetero) is 1. The molecule has 0 aromatic rings. The van der Waals surface area contributed by atoms with Crippen LogP contribution in [0.15, 0.2) is 24.5 Å². The van der Waals surface area contributed by atoms with Crippen molar-refractivity contribution in [3.8, 4) is 0 Å². The van der Waals surface area contributed by atoms with E-state index >= 15 is 0 Å². The van der Waals surface area contributed by atoms with Crippen LogP contribution in [0.25, 0.3) is 0 Å². The normalized spacial score (nSPS) is 45.4. The van der Waals surface area contributed by atoms with Crippen LogP contribution >= 0.6 is 0 Å². The van der Waals surface area contributed by atoms with Crippen molar-refractivity contribution in [2.45, 2.75) is 255 Å². The van der Waals surface area contributed by atoms with Crippen LogP contribution in [-0.4, -0.2) is 43.5 Å². The Bertz CT molecular complexity index is 1580. The van der Waals surface area contributed by atoms with E-state index < -0.39 is 16.8 Å². The highest BCUT2D eigenvalue weighted by Crippen LogP contribution is 2.66. The first-order valence-corrected chi connectivity index (χ1v) is 25.5. The van der Waals surface area contributed by atoms with Crippen LogP contribution in [0.1, 0.15) is 232 Å². The molecule has 7 aliphatic rings. The molecule has 1 heterocycles. The van der Waals surface area contributed by atoms with Gasteiger partial charge in [-0.25, -0.2) is 0 Å². The summed E-state index contributed by atoms with van der Waals surface area (Å²) in [5, 5.41) is 32.3. The van der Waals surface area contributed by atoms with Crippen molar-refractivity contribution in [2.75, 3.05) is 0 Å². The molecule has 0 spiro atoms. The summed E-state index contributed by atoms with van der Waals surface area (Å²) in [7, 11) is 0. The third kappa shape index (κ3) is 10.1. The van der Waals surface area contributed by atoms with Crippen LogP contribution in [0.3, 0.4) is 0 Å². The van der Waals surface area contributed by atoms with Crippen LogP contribution in [0, 0.1) is 68.0 Å². The van der Waals surface area contributed by atoms with Crippen molar-refractivity contribution < 1.29 is 24.9 Å². The fraction of sp³-hybridized carbons (Fsp3) is 0.911. The fourth-order valence-electron chi connectivity index (χ4n) is 17.4. The second kappa shape index (κ2) is 17.6. The summed E-state index contributed by atoms with van der Waals surface area (Å²) < 4.78 is 6.32. The molecule has 6 saturated carbocycles. The molecule has 7 rings (SSSR count). The van der Waals surface area contributed by atoms with Gasteiger partial charge in [0.1, 0.15) is 11.4 Å². The van der Waals surface area contributed by atoms with E-state index in [1.165, 1.54) is 77.0 Å². The van der Waals surface area contributed by atoms with Gasteiger partial charge in [-0.15, -0.1) is 6.58 Å². The van der Waals surface area contributed by atoms with Crippen molar-refractivity contribution in [2.24, 2.45) is 68.0 Å². The molecule has 5 nitrogen and oxygen atoms in total. The highest BCUT2D eigenvalue weighted by molar-refractivity contribution is 5.75. The summed E-state index contributed by atoms with van der Waals surface area (Å²) in [5.74, 6) is 4.86. The molecular weight excluding hydrogens is 753 g/mol. The molecule has 0 bridgehead atoms. The predicted molar refractivity (Wildman–Crippen MR) is 255 cm³/mol. The lowest BCUT2D eigenvalue weighted by molar-refractivity contribution is -0.181. The van der Waals surface area contributed by atoms with Crippen LogP contribution in [0.4, 0.5) is 0 Å². The minimum atomic E-state index is -0.830. The van der Waals surface area contributed by atoms with E-state index in [2.05, 4.69) is 88.8 Å². The highest BCUT2D eigenvalue weighted by Gasteiger charge is 2.61.